The van der Waals surface area contributed by atoms with E-state index in [-0.39, 0.29) is 6.47 Å². The Morgan fingerprint density at radius 2 is 1.90 bits per heavy atom. The SMILES string of the molecule is O=CO.c1cc2c(cc1CNC1CSCCSC1)OCO2. The summed E-state index contributed by atoms with van der Waals surface area (Å²) in [6.07, 6.45) is 0. The van der Waals surface area contributed by atoms with Crippen LogP contribution in [0.15, 0.2) is 18.2 Å². The third-order valence-electron chi connectivity index (χ3n) is 3.04. The molecule has 1 fully saturated rings. The Balaban J connectivity index is 0.000000497. The van der Waals surface area contributed by atoms with Crippen molar-refractivity contribution in [3.63, 3.8) is 0 Å². The minimum absolute atomic E-state index is 0.250. The molecular formula is C14H19NO4S2. The van der Waals surface area contributed by atoms with Crippen molar-refractivity contribution in [2.24, 2.45) is 0 Å². The van der Waals surface area contributed by atoms with Gasteiger partial charge in [-0.05, 0) is 17.7 Å². The zero-order chi connectivity index (χ0) is 14.9. The number of carboxylic acid groups (broad SMARTS) is 1. The smallest absolute Gasteiger partial charge is 0.290 e. The van der Waals surface area contributed by atoms with Crippen LogP contribution < -0.4 is 14.8 Å². The summed E-state index contributed by atoms with van der Waals surface area (Å²) in [7, 11) is 0. The van der Waals surface area contributed by atoms with Crippen LogP contribution in [0.1, 0.15) is 5.56 Å². The molecule has 7 heteroatoms. The number of nitrogens with one attached hydrogen (secondary N) is 1. The van der Waals surface area contributed by atoms with Crippen LogP contribution in [-0.2, 0) is 11.3 Å². The number of hydrogen-bond donors (Lipinski definition) is 2. The van der Waals surface area contributed by atoms with E-state index in [4.69, 9.17) is 19.4 Å². The van der Waals surface area contributed by atoms with Crippen LogP contribution >= 0.6 is 23.5 Å². The van der Waals surface area contributed by atoms with Gasteiger partial charge in [0.05, 0.1) is 0 Å². The molecule has 116 valence electrons. The van der Waals surface area contributed by atoms with E-state index < -0.39 is 0 Å². The molecule has 0 atom stereocenters. The van der Waals surface area contributed by atoms with E-state index in [1.54, 1.807) is 0 Å². The van der Waals surface area contributed by atoms with Crippen molar-refractivity contribution in [3.05, 3.63) is 23.8 Å². The molecule has 2 aliphatic rings. The predicted molar refractivity (Wildman–Crippen MR) is 86.5 cm³/mol. The fraction of sp³-hybridized carbons (Fsp3) is 0.500. The van der Waals surface area contributed by atoms with Gasteiger partial charge in [-0.25, -0.2) is 0 Å². The zero-order valence-electron chi connectivity index (χ0n) is 11.6. The van der Waals surface area contributed by atoms with E-state index in [9.17, 15) is 0 Å². The lowest BCUT2D eigenvalue weighted by atomic mass is 10.2. The van der Waals surface area contributed by atoms with Gasteiger partial charge in [0.25, 0.3) is 6.47 Å². The molecule has 2 heterocycles. The molecule has 2 aliphatic heterocycles. The summed E-state index contributed by atoms with van der Waals surface area (Å²) in [6, 6.07) is 6.80. The van der Waals surface area contributed by atoms with Crippen molar-refractivity contribution in [3.8, 4) is 11.5 Å². The number of carbonyl (C=O) groups is 1. The molecule has 2 N–H and O–H groups in total. The van der Waals surface area contributed by atoms with Crippen LogP contribution in [-0.4, -0.2) is 47.4 Å². The summed E-state index contributed by atoms with van der Waals surface area (Å²) in [4.78, 5) is 8.36. The van der Waals surface area contributed by atoms with Crippen LogP contribution in [0.3, 0.4) is 0 Å². The van der Waals surface area contributed by atoms with E-state index >= 15 is 0 Å². The maximum absolute atomic E-state index is 8.36. The topological polar surface area (TPSA) is 67.8 Å². The number of benzene rings is 1. The summed E-state index contributed by atoms with van der Waals surface area (Å²) in [5, 5.41) is 10.5. The molecule has 1 aromatic rings. The summed E-state index contributed by atoms with van der Waals surface area (Å²) in [6.45, 7) is 1.00. The predicted octanol–water partition coefficient (Wildman–Crippen LogP) is 2.05. The fourth-order valence-electron chi connectivity index (χ4n) is 2.05. The summed E-state index contributed by atoms with van der Waals surface area (Å²) in [5.74, 6) is 6.74. The molecule has 5 nitrogen and oxygen atoms in total. The first-order chi connectivity index (χ1) is 10.3. The second kappa shape index (κ2) is 9.07. The van der Waals surface area contributed by atoms with Gasteiger partial charge in [0.2, 0.25) is 6.79 Å². The molecule has 0 bridgehead atoms. The fourth-order valence-corrected chi connectivity index (χ4v) is 4.51. The van der Waals surface area contributed by atoms with Crippen molar-refractivity contribution >= 4 is 30.0 Å². The van der Waals surface area contributed by atoms with Gasteiger partial charge in [-0.2, -0.15) is 23.5 Å². The lowest BCUT2D eigenvalue weighted by Crippen LogP contribution is -2.32. The number of thioether (sulfide) groups is 2. The Labute approximate surface area is 132 Å². The molecular weight excluding hydrogens is 310 g/mol. The van der Waals surface area contributed by atoms with Gasteiger partial charge < -0.3 is 19.9 Å². The van der Waals surface area contributed by atoms with Crippen LogP contribution in [0, 0.1) is 0 Å². The second-order valence-electron chi connectivity index (χ2n) is 4.52. The highest BCUT2D eigenvalue weighted by Crippen LogP contribution is 2.32. The van der Waals surface area contributed by atoms with E-state index in [0.717, 1.165) is 18.0 Å². The lowest BCUT2D eigenvalue weighted by molar-refractivity contribution is -0.122. The number of hydrogen-bond acceptors (Lipinski definition) is 6. The molecule has 0 amide bonds. The highest BCUT2D eigenvalue weighted by Gasteiger charge is 2.15. The van der Waals surface area contributed by atoms with Gasteiger partial charge in [0.1, 0.15) is 0 Å². The number of fused-ring (bicyclic) bond motifs is 1. The van der Waals surface area contributed by atoms with Crippen LogP contribution in [0.4, 0.5) is 0 Å². The highest BCUT2D eigenvalue weighted by atomic mass is 32.2. The minimum atomic E-state index is -0.250. The van der Waals surface area contributed by atoms with Crippen LogP contribution in [0.25, 0.3) is 0 Å². The van der Waals surface area contributed by atoms with Crippen molar-refractivity contribution in [2.75, 3.05) is 29.8 Å². The maximum atomic E-state index is 8.36. The normalized spacial score (nSPS) is 17.5. The number of rotatable bonds is 3. The Kier molecular flexibility index (Phi) is 7.05. The second-order valence-corrected chi connectivity index (χ2v) is 6.82. The molecule has 1 aromatic carbocycles. The van der Waals surface area contributed by atoms with E-state index in [0.29, 0.717) is 12.8 Å². The molecule has 1 saturated heterocycles. The van der Waals surface area contributed by atoms with Crippen LogP contribution in [0.2, 0.25) is 0 Å². The molecule has 3 rings (SSSR count). The van der Waals surface area contributed by atoms with Gasteiger partial charge in [-0.1, -0.05) is 6.07 Å². The minimum Gasteiger partial charge on any atom is -0.483 e. The van der Waals surface area contributed by atoms with Crippen molar-refractivity contribution < 1.29 is 19.4 Å². The third kappa shape index (κ3) is 5.33. The quantitative estimate of drug-likeness (QED) is 0.823. The molecule has 0 saturated carbocycles. The largest absolute Gasteiger partial charge is 0.483 e. The van der Waals surface area contributed by atoms with Gasteiger partial charge >= 0.3 is 0 Å². The third-order valence-corrected chi connectivity index (χ3v) is 5.56. The first-order valence-corrected chi connectivity index (χ1v) is 8.99. The van der Waals surface area contributed by atoms with Crippen molar-refractivity contribution in [1.82, 2.24) is 5.32 Å². The van der Waals surface area contributed by atoms with Gasteiger partial charge in [0.15, 0.2) is 11.5 Å². The summed E-state index contributed by atoms with van der Waals surface area (Å²) in [5.41, 5.74) is 1.26. The Hall–Kier alpha value is -1.05. The van der Waals surface area contributed by atoms with Gasteiger partial charge in [0, 0.05) is 35.6 Å². The average Bonchev–Trinajstić information content (AvgIpc) is 2.80. The Morgan fingerprint density at radius 1 is 1.24 bits per heavy atom. The molecule has 0 spiro atoms. The monoisotopic (exact) mass is 329 g/mol. The first-order valence-electron chi connectivity index (χ1n) is 6.68. The van der Waals surface area contributed by atoms with Crippen molar-refractivity contribution in [1.29, 1.82) is 0 Å². The molecule has 21 heavy (non-hydrogen) atoms. The summed E-state index contributed by atoms with van der Waals surface area (Å²) < 4.78 is 10.7. The van der Waals surface area contributed by atoms with Gasteiger partial charge in [-0.15, -0.1) is 0 Å². The standard InChI is InChI=1S/C13H17NO2S2.CH2O2/c1-2-12-13(16-9-15-12)5-10(1)6-14-11-7-17-3-4-18-8-11;2-1-3/h1-2,5,11,14H,3-4,6-9H2;1H,(H,2,3). The Morgan fingerprint density at radius 3 is 2.62 bits per heavy atom. The van der Waals surface area contributed by atoms with Crippen molar-refractivity contribution in [2.45, 2.75) is 12.6 Å². The average molecular weight is 329 g/mol. The summed E-state index contributed by atoms with van der Waals surface area (Å²) >= 11 is 4.10. The highest BCUT2D eigenvalue weighted by molar-refractivity contribution is 8.03. The lowest BCUT2D eigenvalue weighted by Gasteiger charge is -2.15. The van der Waals surface area contributed by atoms with Crippen LogP contribution in [0.5, 0.6) is 11.5 Å². The van der Waals surface area contributed by atoms with E-state index in [1.165, 1.54) is 28.6 Å². The molecule has 0 radical (unpaired) electrons. The first kappa shape index (κ1) is 16.3. The number of ether oxygens (including phenoxy) is 2. The zero-order valence-corrected chi connectivity index (χ0v) is 13.3. The maximum Gasteiger partial charge on any atom is 0.290 e. The molecule has 0 unspecified atom stereocenters. The van der Waals surface area contributed by atoms with Gasteiger partial charge in [-0.3, -0.25) is 4.79 Å². The Bertz CT molecular complexity index is 451. The van der Waals surface area contributed by atoms with E-state index in [1.807, 2.05) is 6.07 Å². The van der Waals surface area contributed by atoms with E-state index in [2.05, 4.69) is 41.0 Å². The molecule has 0 aromatic heterocycles. The molecule has 0 aliphatic carbocycles.